The maximum absolute atomic E-state index is 14.5. The van der Waals surface area contributed by atoms with E-state index in [-0.39, 0.29) is 23.1 Å². The minimum atomic E-state index is -0.462. The predicted octanol–water partition coefficient (Wildman–Crippen LogP) is 4.63. The summed E-state index contributed by atoms with van der Waals surface area (Å²) in [5.74, 6) is -0.579. The van der Waals surface area contributed by atoms with Crippen molar-refractivity contribution < 1.29 is 13.3 Å². The van der Waals surface area contributed by atoms with Gasteiger partial charge in [-0.1, -0.05) is 22.5 Å². The fourth-order valence-corrected chi connectivity index (χ4v) is 3.29. The van der Waals surface area contributed by atoms with Crippen molar-refractivity contribution in [2.45, 2.75) is 6.92 Å². The van der Waals surface area contributed by atoms with Crippen molar-refractivity contribution in [1.82, 2.24) is 30.1 Å². The Kier molecular flexibility index (Phi) is 4.55. The lowest BCUT2D eigenvalue weighted by Gasteiger charge is -2.08. The summed E-state index contributed by atoms with van der Waals surface area (Å²) in [5, 5.41) is 12.3. The zero-order chi connectivity index (χ0) is 21.4. The largest absolute Gasteiger partial charge is 0.332 e. The summed E-state index contributed by atoms with van der Waals surface area (Å²) in [7, 11) is 0. The molecule has 9 heteroatoms. The second kappa shape index (κ2) is 7.52. The van der Waals surface area contributed by atoms with Crippen molar-refractivity contribution in [3.8, 4) is 39.9 Å². The SMILES string of the molecule is Cc1cc(F)cc(-c2noc(-c3nnn(-c4ccccc4F)c3-c3ccncc3)n2)c1. The van der Waals surface area contributed by atoms with Crippen LogP contribution in [0, 0.1) is 18.6 Å². The number of hydrogen-bond donors (Lipinski definition) is 0. The molecule has 5 rings (SSSR count). The fraction of sp³-hybridized carbons (Fsp3) is 0.0455. The number of hydrogen-bond acceptors (Lipinski definition) is 6. The van der Waals surface area contributed by atoms with Gasteiger partial charge in [0.05, 0.1) is 0 Å². The normalized spacial score (nSPS) is 11.1. The van der Waals surface area contributed by atoms with Crippen LogP contribution in [0.5, 0.6) is 0 Å². The highest BCUT2D eigenvalue weighted by atomic mass is 19.1. The number of halogens is 2. The van der Waals surface area contributed by atoms with Crippen LogP contribution in [0.1, 0.15) is 5.56 Å². The molecular formula is C22H14F2N6O. The molecule has 3 heterocycles. The van der Waals surface area contributed by atoms with Crippen LogP contribution < -0.4 is 0 Å². The lowest BCUT2D eigenvalue weighted by molar-refractivity contribution is 0.431. The Morgan fingerprint density at radius 1 is 0.935 bits per heavy atom. The molecule has 0 saturated heterocycles. The van der Waals surface area contributed by atoms with Crippen molar-refractivity contribution in [3.63, 3.8) is 0 Å². The van der Waals surface area contributed by atoms with Gasteiger partial charge in [-0.15, -0.1) is 5.10 Å². The van der Waals surface area contributed by atoms with Gasteiger partial charge in [-0.3, -0.25) is 4.98 Å². The molecule has 0 saturated carbocycles. The first kappa shape index (κ1) is 18.7. The summed E-state index contributed by atoms with van der Waals surface area (Å²) in [6.07, 6.45) is 3.21. The smallest absolute Gasteiger partial charge is 0.281 e. The van der Waals surface area contributed by atoms with E-state index in [4.69, 9.17) is 4.52 Å². The number of pyridine rings is 1. The Bertz CT molecular complexity index is 1360. The summed E-state index contributed by atoms with van der Waals surface area (Å²) in [5.41, 5.74) is 2.82. The Morgan fingerprint density at radius 3 is 2.52 bits per heavy atom. The van der Waals surface area contributed by atoms with Crippen LogP contribution in [-0.4, -0.2) is 30.1 Å². The van der Waals surface area contributed by atoms with Crippen LogP contribution in [0.2, 0.25) is 0 Å². The van der Waals surface area contributed by atoms with Gasteiger partial charge in [-0.25, -0.2) is 13.5 Å². The molecule has 0 N–H and O–H groups in total. The molecule has 0 aliphatic rings. The van der Waals surface area contributed by atoms with Gasteiger partial charge >= 0.3 is 0 Å². The third-order valence-electron chi connectivity index (χ3n) is 4.63. The van der Waals surface area contributed by atoms with Crippen LogP contribution in [0.4, 0.5) is 8.78 Å². The highest BCUT2D eigenvalue weighted by Gasteiger charge is 2.24. The number of para-hydroxylation sites is 1. The molecule has 0 radical (unpaired) electrons. The van der Waals surface area contributed by atoms with Gasteiger partial charge in [-0.05, 0) is 55.0 Å². The first-order valence-corrected chi connectivity index (χ1v) is 9.33. The summed E-state index contributed by atoms with van der Waals surface area (Å²) in [4.78, 5) is 8.41. The van der Waals surface area contributed by atoms with E-state index in [1.165, 1.54) is 22.9 Å². The minimum Gasteiger partial charge on any atom is -0.332 e. The van der Waals surface area contributed by atoms with Crippen LogP contribution in [0.15, 0.2) is 71.5 Å². The third kappa shape index (κ3) is 3.46. The molecule has 0 atom stereocenters. The van der Waals surface area contributed by atoms with Gasteiger partial charge in [0.15, 0.2) is 5.69 Å². The Hall–Kier alpha value is -4.27. The maximum atomic E-state index is 14.5. The molecule has 0 unspecified atom stereocenters. The van der Waals surface area contributed by atoms with Crippen molar-refractivity contribution in [3.05, 3.63) is 84.2 Å². The molecule has 0 spiro atoms. The summed E-state index contributed by atoms with van der Waals surface area (Å²) in [6, 6.07) is 14.2. The fourth-order valence-electron chi connectivity index (χ4n) is 3.29. The molecule has 0 fully saturated rings. The standard InChI is InChI=1S/C22H14F2N6O/c1-13-10-15(12-16(23)11-13)21-26-22(31-28-21)19-20(14-6-8-25-9-7-14)30(29-27-19)18-5-3-2-4-17(18)24/h2-12H,1H3. The average molecular weight is 416 g/mol. The molecule has 2 aromatic carbocycles. The molecule has 7 nitrogen and oxygen atoms in total. The topological polar surface area (TPSA) is 82.5 Å². The summed E-state index contributed by atoms with van der Waals surface area (Å²) in [6.45, 7) is 1.77. The van der Waals surface area contributed by atoms with Crippen LogP contribution in [0.25, 0.3) is 39.9 Å². The number of benzene rings is 2. The van der Waals surface area contributed by atoms with E-state index in [1.54, 1.807) is 55.7 Å². The quantitative estimate of drug-likeness (QED) is 0.425. The number of aromatic nitrogens is 6. The van der Waals surface area contributed by atoms with Gasteiger partial charge in [0.25, 0.3) is 5.89 Å². The number of aryl methyl sites for hydroxylation is 1. The molecule has 0 bridgehead atoms. The van der Waals surface area contributed by atoms with Gasteiger partial charge in [0, 0.05) is 23.5 Å². The number of nitrogens with zero attached hydrogens (tertiary/aromatic N) is 6. The molecule has 0 amide bonds. The second-order valence-corrected chi connectivity index (χ2v) is 6.83. The van der Waals surface area contributed by atoms with E-state index in [2.05, 4.69) is 25.4 Å². The average Bonchev–Trinajstić information content (AvgIpc) is 3.41. The van der Waals surface area contributed by atoms with Crippen LogP contribution in [0.3, 0.4) is 0 Å². The lowest BCUT2D eigenvalue weighted by atomic mass is 10.1. The second-order valence-electron chi connectivity index (χ2n) is 6.83. The third-order valence-corrected chi connectivity index (χ3v) is 4.63. The Labute approximate surface area is 175 Å². The van der Waals surface area contributed by atoms with Crippen molar-refractivity contribution in [2.75, 3.05) is 0 Å². The van der Waals surface area contributed by atoms with Crippen LogP contribution in [-0.2, 0) is 0 Å². The maximum Gasteiger partial charge on any atom is 0.281 e. The zero-order valence-corrected chi connectivity index (χ0v) is 16.2. The van der Waals surface area contributed by atoms with E-state index in [9.17, 15) is 8.78 Å². The highest BCUT2D eigenvalue weighted by Crippen LogP contribution is 2.32. The number of rotatable bonds is 4. The van der Waals surface area contributed by atoms with Gasteiger partial charge in [0.2, 0.25) is 5.82 Å². The minimum absolute atomic E-state index is 0.0753. The molecule has 31 heavy (non-hydrogen) atoms. The van der Waals surface area contributed by atoms with E-state index >= 15 is 0 Å². The first-order valence-electron chi connectivity index (χ1n) is 9.33. The summed E-state index contributed by atoms with van der Waals surface area (Å²) < 4.78 is 35.1. The first-order chi connectivity index (χ1) is 15.1. The van der Waals surface area contributed by atoms with Gasteiger partial charge < -0.3 is 4.52 Å². The molecule has 0 aliphatic carbocycles. The Balaban J connectivity index is 1.67. The summed E-state index contributed by atoms with van der Waals surface area (Å²) >= 11 is 0. The zero-order valence-electron chi connectivity index (χ0n) is 16.2. The molecule has 3 aromatic heterocycles. The monoisotopic (exact) mass is 416 g/mol. The van der Waals surface area contributed by atoms with Gasteiger partial charge in [0.1, 0.15) is 23.0 Å². The van der Waals surface area contributed by atoms with Crippen LogP contribution >= 0.6 is 0 Å². The molecule has 0 aliphatic heterocycles. The van der Waals surface area contributed by atoms with E-state index < -0.39 is 11.6 Å². The predicted molar refractivity (Wildman–Crippen MR) is 108 cm³/mol. The lowest BCUT2D eigenvalue weighted by Crippen LogP contribution is -2.02. The molecular weight excluding hydrogens is 402 g/mol. The van der Waals surface area contributed by atoms with Gasteiger partial charge in [-0.2, -0.15) is 4.98 Å². The van der Waals surface area contributed by atoms with E-state index in [1.807, 2.05) is 0 Å². The Morgan fingerprint density at radius 2 is 1.74 bits per heavy atom. The van der Waals surface area contributed by atoms with E-state index in [0.29, 0.717) is 16.8 Å². The van der Waals surface area contributed by atoms with Crippen molar-refractivity contribution >= 4 is 0 Å². The van der Waals surface area contributed by atoms with Crippen molar-refractivity contribution in [1.29, 1.82) is 0 Å². The molecule has 5 aromatic rings. The van der Waals surface area contributed by atoms with E-state index in [0.717, 1.165) is 5.56 Å². The van der Waals surface area contributed by atoms with Crippen molar-refractivity contribution in [2.24, 2.45) is 0 Å². The molecule has 152 valence electrons. The highest BCUT2D eigenvalue weighted by molar-refractivity contribution is 5.76.